The molecule has 0 fully saturated rings. The van der Waals surface area contributed by atoms with E-state index in [4.69, 9.17) is 0 Å². The molecule has 0 atom stereocenters. The number of azo groups is 1. The maximum absolute atomic E-state index is 10.2. The first-order valence-corrected chi connectivity index (χ1v) is 8.97. The standard InChI is InChI=1S/C19H15N5OS/c25-19-18(24-23-17-11-20-8-9-21-17)15-7-6-14(10-16(15)22-19)26-12-13-4-2-1-3-5-13/h1-11,22,25H,12H2. The molecule has 0 amide bonds. The maximum atomic E-state index is 10.2. The summed E-state index contributed by atoms with van der Waals surface area (Å²) in [6.07, 6.45) is 4.62. The molecule has 7 heteroatoms. The second kappa shape index (κ2) is 7.37. The minimum Gasteiger partial charge on any atom is -0.493 e. The number of hydrogen-bond donors (Lipinski definition) is 2. The van der Waals surface area contributed by atoms with E-state index in [1.807, 2.05) is 36.4 Å². The Balaban J connectivity index is 1.57. The van der Waals surface area contributed by atoms with Crippen molar-refractivity contribution in [3.63, 3.8) is 0 Å². The smallest absolute Gasteiger partial charge is 0.218 e. The Morgan fingerprint density at radius 2 is 1.92 bits per heavy atom. The molecule has 0 spiro atoms. The molecule has 4 rings (SSSR count). The van der Waals surface area contributed by atoms with Crippen LogP contribution in [0.15, 0.2) is 82.2 Å². The Kier molecular flexibility index (Phi) is 4.61. The van der Waals surface area contributed by atoms with Gasteiger partial charge in [0.15, 0.2) is 11.5 Å². The van der Waals surface area contributed by atoms with Gasteiger partial charge < -0.3 is 10.1 Å². The van der Waals surface area contributed by atoms with Crippen LogP contribution in [0.2, 0.25) is 0 Å². The van der Waals surface area contributed by atoms with Crippen LogP contribution in [-0.4, -0.2) is 20.1 Å². The Labute approximate surface area is 154 Å². The van der Waals surface area contributed by atoms with Gasteiger partial charge in [0.1, 0.15) is 0 Å². The highest BCUT2D eigenvalue weighted by molar-refractivity contribution is 7.98. The average molecular weight is 361 g/mol. The van der Waals surface area contributed by atoms with Gasteiger partial charge >= 0.3 is 0 Å². The fourth-order valence-electron chi connectivity index (χ4n) is 2.52. The number of nitrogens with one attached hydrogen (secondary N) is 1. The number of nitrogens with zero attached hydrogens (tertiary/aromatic N) is 4. The molecule has 0 aliphatic rings. The fourth-order valence-corrected chi connectivity index (χ4v) is 3.41. The molecule has 4 aromatic rings. The van der Waals surface area contributed by atoms with Gasteiger partial charge in [0.05, 0.1) is 11.7 Å². The van der Waals surface area contributed by atoms with Gasteiger partial charge in [-0.3, -0.25) is 4.98 Å². The van der Waals surface area contributed by atoms with Gasteiger partial charge in [-0.25, -0.2) is 4.98 Å². The predicted molar refractivity (Wildman–Crippen MR) is 102 cm³/mol. The molecule has 2 aromatic carbocycles. The lowest BCUT2D eigenvalue weighted by Gasteiger charge is -2.02. The zero-order valence-electron chi connectivity index (χ0n) is 13.7. The summed E-state index contributed by atoms with van der Waals surface area (Å²) in [6, 6.07) is 16.3. The lowest BCUT2D eigenvalue weighted by Crippen LogP contribution is -1.79. The zero-order chi connectivity index (χ0) is 17.8. The predicted octanol–water partition coefficient (Wildman–Crippen LogP) is 5.37. The molecule has 0 aliphatic heterocycles. The van der Waals surface area contributed by atoms with Crippen LogP contribution in [0, 0.1) is 0 Å². The maximum Gasteiger partial charge on any atom is 0.218 e. The number of aromatic hydroxyl groups is 1. The molecule has 26 heavy (non-hydrogen) atoms. The Bertz CT molecular complexity index is 1050. The van der Waals surface area contributed by atoms with E-state index in [1.54, 1.807) is 24.2 Å². The van der Waals surface area contributed by atoms with Crippen LogP contribution < -0.4 is 0 Å². The van der Waals surface area contributed by atoms with Gasteiger partial charge in [0.25, 0.3) is 0 Å². The summed E-state index contributed by atoms with van der Waals surface area (Å²) in [4.78, 5) is 12.0. The normalized spacial score (nSPS) is 11.4. The lowest BCUT2D eigenvalue weighted by molar-refractivity contribution is 0.459. The van der Waals surface area contributed by atoms with Crippen LogP contribution in [0.1, 0.15) is 5.56 Å². The van der Waals surface area contributed by atoms with Crippen molar-refractivity contribution in [2.24, 2.45) is 10.2 Å². The van der Waals surface area contributed by atoms with E-state index in [0.717, 1.165) is 21.6 Å². The highest BCUT2D eigenvalue weighted by Gasteiger charge is 2.11. The summed E-state index contributed by atoms with van der Waals surface area (Å²) in [7, 11) is 0. The van der Waals surface area contributed by atoms with Crippen LogP contribution in [0.4, 0.5) is 11.5 Å². The average Bonchev–Trinajstić information content (AvgIpc) is 3.00. The molecule has 0 aliphatic carbocycles. The number of aromatic nitrogens is 3. The summed E-state index contributed by atoms with van der Waals surface area (Å²) in [5.41, 5.74) is 2.48. The number of rotatable bonds is 5. The van der Waals surface area contributed by atoms with Crippen LogP contribution >= 0.6 is 11.8 Å². The molecule has 2 aromatic heterocycles. The minimum atomic E-state index is -0.0159. The summed E-state index contributed by atoms with van der Waals surface area (Å²) < 4.78 is 0. The molecule has 0 saturated heterocycles. The Hall–Kier alpha value is -3.19. The van der Waals surface area contributed by atoms with Gasteiger partial charge in [-0.1, -0.05) is 30.3 Å². The number of aromatic amines is 1. The van der Waals surface area contributed by atoms with Crippen molar-refractivity contribution < 1.29 is 5.11 Å². The third-order valence-electron chi connectivity index (χ3n) is 3.77. The molecule has 2 heterocycles. The van der Waals surface area contributed by atoms with Gasteiger partial charge in [0, 0.05) is 28.4 Å². The topological polar surface area (TPSA) is 86.5 Å². The van der Waals surface area contributed by atoms with E-state index in [2.05, 4.69) is 37.3 Å². The van der Waals surface area contributed by atoms with Crippen molar-refractivity contribution in [3.05, 3.63) is 72.7 Å². The molecule has 128 valence electrons. The van der Waals surface area contributed by atoms with Crippen LogP contribution in [0.25, 0.3) is 10.9 Å². The molecule has 0 unspecified atom stereocenters. The van der Waals surface area contributed by atoms with Crippen LogP contribution in [0.5, 0.6) is 5.88 Å². The van der Waals surface area contributed by atoms with Gasteiger partial charge in [-0.2, -0.15) is 0 Å². The van der Waals surface area contributed by atoms with Crippen LogP contribution in [-0.2, 0) is 5.75 Å². The number of thioether (sulfide) groups is 1. The monoisotopic (exact) mass is 361 g/mol. The molecule has 0 radical (unpaired) electrons. The van der Waals surface area contributed by atoms with E-state index in [9.17, 15) is 5.11 Å². The van der Waals surface area contributed by atoms with E-state index < -0.39 is 0 Å². The number of fused-ring (bicyclic) bond motifs is 1. The third kappa shape index (κ3) is 3.57. The van der Waals surface area contributed by atoms with E-state index in [0.29, 0.717) is 11.5 Å². The molecular weight excluding hydrogens is 346 g/mol. The van der Waals surface area contributed by atoms with Crippen molar-refractivity contribution in [3.8, 4) is 5.88 Å². The summed E-state index contributed by atoms with van der Waals surface area (Å²) >= 11 is 1.74. The highest BCUT2D eigenvalue weighted by atomic mass is 32.2. The summed E-state index contributed by atoms with van der Waals surface area (Å²) in [6.45, 7) is 0. The van der Waals surface area contributed by atoms with Crippen molar-refractivity contribution in [1.82, 2.24) is 15.0 Å². The Morgan fingerprint density at radius 1 is 1.04 bits per heavy atom. The first-order valence-electron chi connectivity index (χ1n) is 7.99. The van der Waals surface area contributed by atoms with Gasteiger partial charge in [-0.15, -0.1) is 22.0 Å². The number of H-pyrrole nitrogens is 1. The lowest BCUT2D eigenvalue weighted by atomic mass is 10.2. The quantitative estimate of drug-likeness (QED) is 0.369. The van der Waals surface area contributed by atoms with E-state index in [-0.39, 0.29) is 5.88 Å². The van der Waals surface area contributed by atoms with Crippen molar-refractivity contribution in [2.75, 3.05) is 0 Å². The number of hydrogen-bond acceptors (Lipinski definition) is 6. The first-order chi connectivity index (χ1) is 12.8. The summed E-state index contributed by atoms with van der Waals surface area (Å²) in [5.74, 6) is 1.26. The molecule has 0 saturated carbocycles. The van der Waals surface area contributed by atoms with Crippen molar-refractivity contribution >= 4 is 34.2 Å². The second-order valence-corrected chi connectivity index (χ2v) is 6.62. The third-order valence-corrected chi connectivity index (χ3v) is 4.84. The second-order valence-electron chi connectivity index (χ2n) is 5.57. The Morgan fingerprint density at radius 3 is 2.73 bits per heavy atom. The SMILES string of the molecule is Oc1[nH]c2cc(SCc3ccccc3)ccc2c1N=Nc1cnccn1. The fraction of sp³-hybridized carbons (Fsp3) is 0.0526. The van der Waals surface area contributed by atoms with Gasteiger partial charge in [0.2, 0.25) is 5.88 Å². The van der Waals surface area contributed by atoms with Crippen LogP contribution in [0.3, 0.4) is 0 Å². The van der Waals surface area contributed by atoms with E-state index >= 15 is 0 Å². The van der Waals surface area contributed by atoms with Gasteiger partial charge in [-0.05, 0) is 23.8 Å². The minimum absolute atomic E-state index is 0.0159. The zero-order valence-corrected chi connectivity index (χ0v) is 14.5. The highest BCUT2D eigenvalue weighted by Crippen LogP contribution is 2.38. The molecule has 6 nitrogen and oxygen atoms in total. The molecular formula is C19H15N5OS. The van der Waals surface area contributed by atoms with Crippen molar-refractivity contribution in [1.29, 1.82) is 0 Å². The number of benzene rings is 2. The first kappa shape index (κ1) is 16.3. The largest absolute Gasteiger partial charge is 0.493 e. The summed E-state index contributed by atoms with van der Waals surface area (Å²) in [5, 5.41) is 19.1. The van der Waals surface area contributed by atoms with Crippen molar-refractivity contribution in [2.45, 2.75) is 10.6 Å². The molecule has 0 bridgehead atoms. The molecule has 2 N–H and O–H groups in total. The van der Waals surface area contributed by atoms with E-state index in [1.165, 1.54) is 11.8 Å².